The fraction of sp³-hybridized carbons (Fsp3) is 0.500. The number of rotatable bonds is 7. The van der Waals surface area contributed by atoms with Crippen LogP contribution in [0.15, 0.2) is 22.3 Å². The van der Waals surface area contributed by atoms with Gasteiger partial charge in [0.25, 0.3) is 0 Å². The van der Waals surface area contributed by atoms with E-state index >= 15 is 0 Å². The zero-order chi connectivity index (χ0) is 11.9. The van der Waals surface area contributed by atoms with Crippen molar-refractivity contribution in [1.29, 1.82) is 0 Å². The van der Waals surface area contributed by atoms with Crippen molar-refractivity contribution in [3.05, 3.63) is 22.4 Å². The molecule has 90 valence electrons. The topological polar surface area (TPSA) is 47.9 Å². The maximum atomic E-state index is 11.9. The summed E-state index contributed by atoms with van der Waals surface area (Å²) in [5, 5.41) is 1.99. The van der Waals surface area contributed by atoms with Gasteiger partial charge in [0.15, 0.2) is 0 Å². The minimum atomic E-state index is -3.26. The van der Waals surface area contributed by atoms with E-state index in [9.17, 15) is 4.57 Å². The predicted molar refractivity (Wildman–Crippen MR) is 67.4 cm³/mol. The molecule has 1 aromatic heterocycles. The third-order valence-electron chi connectivity index (χ3n) is 1.68. The lowest BCUT2D eigenvalue weighted by molar-refractivity contribution is 0.221. The molecule has 0 fully saturated rings. The summed E-state index contributed by atoms with van der Waals surface area (Å²) in [6, 6.07) is 3.97. The van der Waals surface area contributed by atoms with E-state index < -0.39 is 7.75 Å². The molecule has 0 aliphatic rings. The second-order valence-electron chi connectivity index (χ2n) is 2.89. The lowest BCUT2D eigenvalue weighted by Crippen LogP contribution is -1.94. The summed E-state index contributed by atoms with van der Waals surface area (Å²) in [5.41, 5.74) is 0. The summed E-state index contributed by atoms with van der Waals surface area (Å²) in [6.45, 7) is 4.18. The Morgan fingerprint density at radius 1 is 1.44 bits per heavy atom. The van der Waals surface area contributed by atoms with Crippen molar-refractivity contribution in [2.75, 3.05) is 13.2 Å². The van der Waals surface area contributed by atoms with E-state index in [1.54, 1.807) is 31.4 Å². The van der Waals surface area contributed by atoms with Gasteiger partial charge in [0.2, 0.25) is 0 Å². The van der Waals surface area contributed by atoms with Crippen LogP contribution < -0.4 is 0 Å². The van der Waals surface area contributed by atoms with Gasteiger partial charge in [-0.2, -0.15) is 4.76 Å². The quantitative estimate of drug-likeness (QED) is 0.557. The average molecular weight is 261 g/mol. The largest absolute Gasteiger partial charge is 0.453 e. The minimum Gasteiger partial charge on any atom is -0.291 e. The molecule has 0 radical (unpaired) electrons. The molecule has 0 saturated carbocycles. The van der Waals surface area contributed by atoms with Crippen molar-refractivity contribution in [2.24, 2.45) is 4.76 Å². The molecule has 0 amide bonds. The molecule has 0 aromatic carbocycles. The van der Waals surface area contributed by atoms with E-state index in [0.717, 1.165) is 0 Å². The molecule has 0 aliphatic heterocycles. The first-order valence-corrected chi connectivity index (χ1v) is 7.53. The van der Waals surface area contributed by atoms with Gasteiger partial charge in [-0.15, -0.1) is 11.3 Å². The molecule has 0 bridgehead atoms. The maximum Gasteiger partial charge on any atom is 0.453 e. The van der Waals surface area contributed by atoms with Crippen LogP contribution in [0.1, 0.15) is 18.7 Å². The first-order chi connectivity index (χ1) is 7.70. The van der Waals surface area contributed by atoms with Crippen LogP contribution in [-0.2, 0) is 20.0 Å². The molecule has 0 saturated heterocycles. The predicted octanol–water partition coefficient (Wildman–Crippen LogP) is 3.54. The van der Waals surface area contributed by atoms with Crippen molar-refractivity contribution in [1.82, 2.24) is 0 Å². The van der Waals surface area contributed by atoms with Gasteiger partial charge in [0, 0.05) is 17.5 Å². The average Bonchev–Trinajstić information content (AvgIpc) is 2.71. The lowest BCUT2D eigenvalue weighted by atomic mass is 10.4. The van der Waals surface area contributed by atoms with Gasteiger partial charge in [0.1, 0.15) is 0 Å². The summed E-state index contributed by atoms with van der Waals surface area (Å²) >= 11 is 1.64. The van der Waals surface area contributed by atoms with Crippen LogP contribution in [0.2, 0.25) is 0 Å². The molecule has 0 N–H and O–H groups in total. The van der Waals surface area contributed by atoms with Crippen LogP contribution in [0.25, 0.3) is 0 Å². The molecule has 0 aliphatic carbocycles. The van der Waals surface area contributed by atoms with Crippen LogP contribution in [0.4, 0.5) is 0 Å². The molecule has 1 aromatic rings. The fourth-order valence-corrected chi connectivity index (χ4v) is 2.89. The van der Waals surface area contributed by atoms with Crippen LogP contribution in [0, 0.1) is 0 Å². The van der Waals surface area contributed by atoms with E-state index in [1.165, 1.54) is 4.88 Å². The standard InChI is InChI=1S/C10H16NO3PS/c1-3-13-15(12,14-4-2)11-8-7-10-6-5-9-16-10/h5-6,8-9H,3-4,7H2,1-2H3. The molecular formula is C10H16NO3PS. The SMILES string of the molecule is CCOP(=O)(N=CCc1cccs1)OCC. The Kier molecular flexibility index (Phi) is 5.91. The highest BCUT2D eigenvalue weighted by molar-refractivity contribution is 7.52. The molecule has 6 heteroatoms. The van der Waals surface area contributed by atoms with Crippen molar-refractivity contribution in [3.63, 3.8) is 0 Å². The summed E-state index contributed by atoms with van der Waals surface area (Å²) < 4.78 is 25.9. The zero-order valence-electron chi connectivity index (χ0n) is 9.46. The van der Waals surface area contributed by atoms with Gasteiger partial charge in [-0.05, 0) is 25.3 Å². The Balaban J connectivity index is 2.54. The number of hydrogen-bond donors (Lipinski definition) is 0. The number of nitrogens with zero attached hydrogens (tertiary/aromatic N) is 1. The maximum absolute atomic E-state index is 11.9. The molecule has 1 heterocycles. The first-order valence-electron chi connectivity index (χ1n) is 5.15. The van der Waals surface area contributed by atoms with Crippen molar-refractivity contribution < 1.29 is 13.6 Å². The van der Waals surface area contributed by atoms with Gasteiger partial charge in [-0.1, -0.05) is 6.07 Å². The second kappa shape index (κ2) is 6.97. The highest BCUT2D eigenvalue weighted by Crippen LogP contribution is 2.49. The van der Waals surface area contributed by atoms with Crippen LogP contribution >= 0.6 is 19.1 Å². The Morgan fingerprint density at radius 2 is 2.12 bits per heavy atom. The van der Waals surface area contributed by atoms with Crippen LogP contribution in [0.5, 0.6) is 0 Å². The molecule has 0 atom stereocenters. The van der Waals surface area contributed by atoms with E-state index in [-0.39, 0.29) is 0 Å². The lowest BCUT2D eigenvalue weighted by Gasteiger charge is -2.10. The van der Waals surface area contributed by atoms with Crippen molar-refractivity contribution in [3.8, 4) is 0 Å². The van der Waals surface area contributed by atoms with E-state index in [0.29, 0.717) is 19.6 Å². The monoisotopic (exact) mass is 261 g/mol. The van der Waals surface area contributed by atoms with Gasteiger partial charge >= 0.3 is 7.75 Å². The van der Waals surface area contributed by atoms with E-state index in [4.69, 9.17) is 9.05 Å². The summed E-state index contributed by atoms with van der Waals surface area (Å²) in [6.07, 6.45) is 2.25. The second-order valence-corrected chi connectivity index (χ2v) is 5.60. The Hall–Kier alpha value is -0.480. The highest BCUT2D eigenvalue weighted by Gasteiger charge is 2.20. The highest BCUT2D eigenvalue weighted by atomic mass is 32.1. The van der Waals surface area contributed by atoms with Crippen molar-refractivity contribution >= 4 is 25.3 Å². The zero-order valence-corrected chi connectivity index (χ0v) is 11.2. The van der Waals surface area contributed by atoms with Crippen LogP contribution in [-0.4, -0.2) is 19.4 Å². The van der Waals surface area contributed by atoms with E-state index in [2.05, 4.69) is 4.76 Å². The van der Waals surface area contributed by atoms with Crippen LogP contribution in [0.3, 0.4) is 0 Å². The molecule has 0 spiro atoms. The van der Waals surface area contributed by atoms with E-state index in [1.807, 2.05) is 17.5 Å². The van der Waals surface area contributed by atoms with Gasteiger partial charge < -0.3 is 0 Å². The van der Waals surface area contributed by atoms with Gasteiger partial charge in [-0.3, -0.25) is 9.05 Å². The summed E-state index contributed by atoms with van der Waals surface area (Å²) in [4.78, 5) is 1.17. The van der Waals surface area contributed by atoms with Crippen molar-refractivity contribution in [2.45, 2.75) is 20.3 Å². The first kappa shape index (κ1) is 13.6. The molecule has 16 heavy (non-hydrogen) atoms. The third kappa shape index (κ3) is 4.58. The Bertz CT molecular complexity index is 354. The minimum absolute atomic E-state index is 0.327. The van der Waals surface area contributed by atoms with Gasteiger partial charge in [-0.25, -0.2) is 4.57 Å². The molecule has 1 rings (SSSR count). The third-order valence-corrected chi connectivity index (χ3v) is 4.19. The molecular weight excluding hydrogens is 245 g/mol. The number of hydrogen-bond acceptors (Lipinski definition) is 4. The summed E-state index contributed by atoms with van der Waals surface area (Å²) in [5.74, 6) is 0. The Labute approximate surface area is 99.9 Å². The normalized spacial score (nSPS) is 12.4. The molecule has 4 nitrogen and oxygen atoms in total. The summed E-state index contributed by atoms with van der Waals surface area (Å²) in [7, 11) is -3.26. The number of thiophene rings is 1. The molecule has 0 unspecified atom stereocenters. The Morgan fingerprint density at radius 3 is 2.62 bits per heavy atom. The fourth-order valence-electron chi connectivity index (χ4n) is 1.09. The van der Waals surface area contributed by atoms with Gasteiger partial charge in [0.05, 0.1) is 13.2 Å². The smallest absolute Gasteiger partial charge is 0.291 e.